The first-order valence-corrected chi connectivity index (χ1v) is 11.5. The predicted octanol–water partition coefficient (Wildman–Crippen LogP) is 1.98. The number of aliphatic hydroxyl groups is 4. The zero-order valence-corrected chi connectivity index (χ0v) is 20.0. The van der Waals surface area contributed by atoms with Gasteiger partial charge in [0.15, 0.2) is 0 Å². The molecule has 1 aliphatic rings. The van der Waals surface area contributed by atoms with Crippen LogP contribution in [0.1, 0.15) is 17.2 Å². The lowest BCUT2D eigenvalue weighted by Gasteiger charge is -2.21. The number of phenols is 1. The average Bonchev–Trinajstić information content (AvgIpc) is 3.21. The Kier molecular flexibility index (Phi) is 6.30. The first kappa shape index (κ1) is 25.0. The Balaban J connectivity index is 1.92. The summed E-state index contributed by atoms with van der Waals surface area (Å²) < 4.78 is 22.8. The van der Waals surface area contributed by atoms with Crippen molar-refractivity contribution in [3.05, 3.63) is 58.5 Å². The van der Waals surface area contributed by atoms with Crippen molar-refractivity contribution in [2.75, 3.05) is 20.8 Å². The molecule has 1 aliphatic heterocycles. The fourth-order valence-corrected chi connectivity index (χ4v) is 5.08. The largest absolute Gasteiger partial charge is 0.507 e. The van der Waals surface area contributed by atoms with E-state index in [-0.39, 0.29) is 38.8 Å². The molecule has 10 heteroatoms. The van der Waals surface area contributed by atoms with Gasteiger partial charge in [0.05, 0.1) is 31.6 Å². The summed E-state index contributed by atoms with van der Waals surface area (Å²) in [4.78, 5) is 13.2. The highest BCUT2D eigenvalue weighted by molar-refractivity contribution is 6.19. The van der Waals surface area contributed by atoms with Crippen LogP contribution in [0, 0.1) is 0 Å². The second-order valence-electron chi connectivity index (χ2n) is 8.87. The number of fused-ring (bicyclic) bond motifs is 5. The number of benzene rings is 3. The van der Waals surface area contributed by atoms with Crippen molar-refractivity contribution < 1.29 is 44.2 Å². The number of aliphatic hydroxyl groups excluding tert-OH is 4. The monoisotopic (exact) mass is 510 g/mol. The summed E-state index contributed by atoms with van der Waals surface area (Å²) in [7, 11) is 2.88. The molecule has 0 amide bonds. The van der Waals surface area contributed by atoms with Crippen LogP contribution >= 0.6 is 0 Å². The summed E-state index contributed by atoms with van der Waals surface area (Å²) in [6.07, 6.45) is -5.38. The lowest BCUT2D eigenvalue weighted by Crippen LogP contribution is -2.40. The van der Waals surface area contributed by atoms with E-state index in [1.165, 1.54) is 26.4 Å². The maximum Gasteiger partial charge on any atom is 0.344 e. The molecule has 0 aliphatic carbocycles. The van der Waals surface area contributed by atoms with Crippen LogP contribution in [0.15, 0.2) is 46.1 Å². The Labute approximate surface area is 210 Å². The summed E-state index contributed by atoms with van der Waals surface area (Å²) in [5.41, 5.74) is 0.305. The first-order valence-electron chi connectivity index (χ1n) is 11.5. The van der Waals surface area contributed by atoms with Gasteiger partial charge in [-0.1, -0.05) is 18.7 Å². The van der Waals surface area contributed by atoms with Gasteiger partial charge in [-0.15, -0.1) is 0 Å². The van der Waals surface area contributed by atoms with E-state index in [0.29, 0.717) is 22.1 Å². The highest BCUT2D eigenvalue weighted by Crippen LogP contribution is 2.47. The zero-order valence-electron chi connectivity index (χ0n) is 20.0. The molecule has 1 saturated heterocycles. The van der Waals surface area contributed by atoms with E-state index in [1.807, 2.05) is 0 Å². The van der Waals surface area contributed by atoms with Crippen molar-refractivity contribution in [2.45, 2.75) is 30.5 Å². The van der Waals surface area contributed by atoms with Gasteiger partial charge in [0, 0.05) is 16.2 Å². The van der Waals surface area contributed by atoms with Gasteiger partial charge < -0.3 is 44.2 Å². The Morgan fingerprint density at radius 1 is 1.03 bits per heavy atom. The van der Waals surface area contributed by atoms with E-state index in [0.717, 1.165) is 0 Å². The minimum Gasteiger partial charge on any atom is -0.507 e. The zero-order chi connectivity index (χ0) is 26.6. The molecule has 1 aromatic heterocycles. The second-order valence-corrected chi connectivity index (χ2v) is 8.87. The number of hydrogen-bond donors (Lipinski definition) is 5. The summed E-state index contributed by atoms with van der Waals surface area (Å²) in [6.45, 7) is 3.06. The van der Waals surface area contributed by atoms with Crippen LogP contribution in [0.25, 0.3) is 38.6 Å². The molecular formula is C27H26O10. The molecule has 10 nitrogen and oxygen atoms in total. The van der Waals surface area contributed by atoms with Crippen molar-refractivity contribution in [1.82, 2.24) is 0 Å². The Bertz CT molecular complexity index is 1590. The third kappa shape index (κ3) is 3.73. The number of phenolic OH excluding ortho intramolecular Hbond substituents is 1. The number of ether oxygens (including phenoxy) is 3. The first-order chi connectivity index (χ1) is 17.7. The van der Waals surface area contributed by atoms with Gasteiger partial charge in [-0.05, 0) is 35.4 Å². The van der Waals surface area contributed by atoms with E-state index in [4.69, 9.17) is 18.6 Å². The third-order valence-electron chi connectivity index (χ3n) is 6.87. The standard InChI is InChI=1S/C27H26O10/c1-4-11-7-14-19(17(8-11)34-2)13-9-18(35-3)21-15(29)6-5-12(20(21)24(13)37-27(14)33)25-22(31)23(32)26(36-25)16(30)10-28/h4-9,16,22-23,25-26,28-32H,1,10H2,2-3H3/t16-,22-,23-,25+,26+/m1/s1. The number of methoxy groups -OCH3 is 2. The van der Waals surface area contributed by atoms with Crippen LogP contribution in [0.5, 0.6) is 17.2 Å². The van der Waals surface area contributed by atoms with Gasteiger partial charge in [-0.2, -0.15) is 0 Å². The topological polar surface area (TPSA) is 159 Å². The van der Waals surface area contributed by atoms with Crippen LogP contribution in [0.2, 0.25) is 0 Å². The number of rotatable bonds is 6. The van der Waals surface area contributed by atoms with E-state index in [9.17, 15) is 30.3 Å². The molecule has 0 radical (unpaired) electrons. The average molecular weight is 510 g/mol. The molecule has 1 fully saturated rings. The molecular weight excluding hydrogens is 484 g/mol. The van der Waals surface area contributed by atoms with Gasteiger partial charge >= 0.3 is 5.63 Å². The molecule has 0 unspecified atom stereocenters. The molecule has 5 rings (SSSR count). The van der Waals surface area contributed by atoms with Crippen LogP contribution in [-0.4, -0.2) is 70.8 Å². The summed E-state index contributed by atoms with van der Waals surface area (Å²) in [5, 5.41) is 53.1. The molecule has 5 atom stereocenters. The SMILES string of the molecule is C=Cc1cc(OC)c2c(c1)c(=O)oc1c2cc(OC)c2c(O)ccc([C@@H]3O[C@@H]([C@H](O)CO)[C@H](O)[C@H]3O)c21. The summed E-state index contributed by atoms with van der Waals surface area (Å²) in [5.74, 6) is 0.438. The van der Waals surface area contributed by atoms with Crippen LogP contribution in [0.3, 0.4) is 0 Å². The lowest BCUT2D eigenvalue weighted by molar-refractivity contribution is -0.0818. The Hall–Kier alpha value is -3.67. The van der Waals surface area contributed by atoms with Crippen molar-refractivity contribution in [3.63, 3.8) is 0 Å². The van der Waals surface area contributed by atoms with E-state index >= 15 is 0 Å². The van der Waals surface area contributed by atoms with Crippen molar-refractivity contribution >= 4 is 38.6 Å². The van der Waals surface area contributed by atoms with Gasteiger partial charge in [-0.3, -0.25) is 0 Å². The molecule has 4 aromatic rings. The Morgan fingerprint density at radius 3 is 2.38 bits per heavy atom. The minimum absolute atomic E-state index is 0.0697. The molecule has 5 N–H and O–H groups in total. The van der Waals surface area contributed by atoms with Crippen LogP contribution in [-0.2, 0) is 4.74 Å². The fraction of sp³-hybridized carbons (Fsp3) is 0.296. The highest BCUT2D eigenvalue weighted by atomic mass is 16.6. The van der Waals surface area contributed by atoms with Crippen LogP contribution < -0.4 is 15.1 Å². The van der Waals surface area contributed by atoms with E-state index in [2.05, 4.69) is 6.58 Å². The Morgan fingerprint density at radius 2 is 1.73 bits per heavy atom. The van der Waals surface area contributed by atoms with Gasteiger partial charge in [0.25, 0.3) is 0 Å². The second kappa shape index (κ2) is 9.33. The van der Waals surface area contributed by atoms with Crippen molar-refractivity contribution in [2.24, 2.45) is 0 Å². The van der Waals surface area contributed by atoms with Crippen molar-refractivity contribution in [1.29, 1.82) is 0 Å². The number of aromatic hydroxyl groups is 1. The van der Waals surface area contributed by atoms with Crippen LogP contribution in [0.4, 0.5) is 0 Å². The molecule has 0 bridgehead atoms. The van der Waals surface area contributed by atoms with Gasteiger partial charge in [0.1, 0.15) is 53.4 Å². The molecule has 0 spiro atoms. The number of hydrogen-bond acceptors (Lipinski definition) is 10. The summed E-state index contributed by atoms with van der Waals surface area (Å²) >= 11 is 0. The van der Waals surface area contributed by atoms with E-state index < -0.39 is 42.8 Å². The molecule has 194 valence electrons. The normalized spacial score (nSPS) is 22.5. The highest BCUT2D eigenvalue weighted by Gasteiger charge is 2.47. The van der Waals surface area contributed by atoms with Gasteiger partial charge in [0.2, 0.25) is 0 Å². The quantitative estimate of drug-likeness (QED) is 0.192. The van der Waals surface area contributed by atoms with Crippen molar-refractivity contribution in [3.8, 4) is 17.2 Å². The predicted molar refractivity (Wildman–Crippen MR) is 135 cm³/mol. The lowest BCUT2D eigenvalue weighted by atomic mass is 9.92. The van der Waals surface area contributed by atoms with Gasteiger partial charge in [-0.25, -0.2) is 4.79 Å². The summed E-state index contributed by atoms with van der Waals surface area (Å²) in [6, 6.07) is 7.78. The minimum atomic E-state index is -1.52. The van der Waals surface area contributed by atoms with E-state index in [1.54, 1.807) is 24.3 Å². The molecule has 2 heterocycles. The molecule has 3 aromatic carbocycles. The maximum atomic E-state index is 13.2. The molecule has 37 heavy (non-hydrogen) atoms. The third-order valence-corrected chi connectivity index (χ3v) is 6.87. The smallest absolute Gasteiger partial charge is 0.344 e. The maximum absolute atomic E-state index is 13.2. The fourth-order valence-electron chi connectivity index (χ4n) is 5.08. The molecule has 0 saturated carbocycles.